The number of urea groups is 1. The molecule has 4 heteroatoms. The van der Waals surface area contributed by atoms with E-state index in [9.17, 15) is 4.79 Å². The molecule has 2 N–H and O–H groups in total. The van der Waals surface area contributed by atoms with Crippen LogP contribution in [0.3, 0.4) is 0 Å². The molecule has 150 valence electrons. The minimum Gasteiger partial charge on any atom is -0.334 e. The molecule has 29 heavy (non-hydrogen) atoms. The summed E-state index contributed by atoms with van der Waals surface area (Å²) in [6.45, 7) is 4.55. The van der Waals surface area contributed by atoms with E-state index >= 15 is 0 Å². The summed E-state index contributed by atoms with van der Waals surface area (Å²) < 4.78 is 0. The highest BCUT2D eigenvalue weighted by atomic mass is 16.2. The number of rotatable bonds is 8. The second-order valence-electron chi connectivity index (χ2n) is 7.28. The van der Waals surface area contributed by atoms with Crippen molar-refractivity contribution < 1.29 is 4.79 Å². The van der Waals surface area contributed by atoms with E-state index in [1.165, 1.54) is 11.1 Å². The van der Waals surface area contributed by atoms with Gasteiger partial charge in [0.05, 0.1) is 0 Å². The number of hydrogen-bond acceptors (Lipinski definition) is 2. The molecular formula is C25H29N3O. The van der Waals surface area contributed by atoms with Gasteiger partial charge in [-0.2, -0.15) is 0 Å². The SMILES string of the molecule is CCN(C)Cc1cccc(CNC(=O)Nc2ccccc2Cc2ccccc2)c1. The smallest absolute Gasteiger partial charge is 0.319 e. The molecular weight excluding hydrogens is 358 g/mol. The van der Waals surface area contributed by atoms with Crippen LogP contribution in [0.2, 0.25) is 0 Å². The third kappa shape index (κ3) is 6.47. The first kappa shape index (κ1) is 20.6. The van der Waals surface area contributed by atoms with Gasteiger partial charge >= 0.3 is 6.03 Å². The minimum absolute atomic E-state index is 0.193. The molecule has 0 aliphatic carbocycles. The van der Waals surface area contributed by atoms with Gasteiger partial charge in [0.25, 0.3) is 0 Å². The van der Waals surface area contributed by atoms with Crippen LogP contribution >= 0.6 is 0 Å². The van der Waals surface area contributed by atoms with Crippen LogP contribution in [-0.2, 0) is 19.5 Å². The topological polar surface area (TPSA) is 44.4 Å². The zero-order valence-electron chi connectivity index (χ0n) is 17.2. The molecule has 0 saturated heterocycles. The lowest BCUT2D eigenvalue weighted by molar-refractivity contribution is 0.251. The maximum Gasteiger partial charge on any atom is 0.319 e. The summed E-state index contributed by atoms with van der Waals surface area (Å²) in [5.41, 5.74) is 5.50. The number of nitrogens with one attached hydrogen (secondary N) is 2. The van der Waals surface area contributed by atoms with Crippen molar-refractivity contribution in [2.75, 3.05) is 18.9 Å². The van der Waals surface area contributed by atoms with E-state index in [0.29, 0.717) is 6.54 Å². The molecule has 3 rings (SSSR count). The van der Waals surface area contributed by atoms with Gasteiger partial charge in [0.1, 0.15) is 0 Å². The number of amides is 2. The summed E-state index contributed by atoms with van der Waals surface area (Å²) in [6, 6.07) is 26.4. The molecule has 3 aromatic carbocycles. The molecule has 0 aliphatic rings. The van der Waals surface area contributed by atoms with Gasteiger partial charge < -0.3 is 15.5 Å². The predicted octanol–water partition coefficient (Wildman–Crippen LogP) is 5.05. The highest BCUT2D eigenvalue weighted by Gasteiger charge is 2.07. The Labute approximate surface area is 173 Å². The lowest BCUT2D eigenvalue weighted by Crippen LogP contribution is -2.28. The molecule has 0 atom stereocenters. The van der Waals surface area contributed by atoms with Crippen molar-refractivity contribution in [3.8, 4) is 0 Å². The summed E-state index contributed by atoms with van der Waals surface area (Å²) >= 11 is 0. The van der Waals surface area contributed by atoms with Gasteiger partial charge in [-0.3, -0.25) is 0 Å². The number of nitrogens with zero attached hydrogens (tertiary/aromatic N) is 1. The van der Waals surface area contributed by atoms with E-state index in [2.05, 4.69) is 59.8 Å². The Kier molecular flexibility index (Phi) is 7.42. The molecule has 0 radical (unpaired) electrons. The fourth-order valence-electron chi connectivity index (χ4n) is 3.22. The Bertz CT molecular complexity index is 924. The number of para-hydroxylation sites is 1. The third-order valence-corrected chi connectivity index (χ3v) is 4.94. The molecule has 0 aromatic heterocycles. The molecule has 3 aromatic rings. The quantitative estimate of drug-likeness (QED) is 0.568. The van der Waals surface area contributed by atoms with E-state index in [0.717, 1.165) is 36.3 Å². The van der Waals surface area contributed by atoms with E-state index in [1.807, 2.05) is 48.5 Å². The average molecular weight is 388 g/mol. The molecule has 0 fully saturated rings. The molecule has 0 saturated carbocycles. The van der Waals surface area contributed by atoms with Crippen LogP contribution in [0.15, 0.2) is 78.9 Å². The summed E-state index contributed by atoms with van der Waals surface area (Å²) in [5.74, 6) is 0. The van der Waals surface area contributed by atoms with Gasteiger partial charge in [-0.25, -0.2) is 4.79 Å². The number of hydrogen-bond donors (Lipinski definition) is 2. The first-order chi connectivity index (χ1) is 14.1. The van der Waals surface area contributed by atoms with Gasteiger partial charge in [0, 0.05) is 18.8 Å². The Morgan fingerprint density at radius 2 is 1.55 bits per heavy atom. The Morgan fingerprint density at radius 3 is 2.34 bits per heavy atom. The number of anilines is 1. The lowest BCUT2D eigenvalue weighted by Gasteiger charge is -2.15. The lowest BCUT2D eigenvalue weighted by atomic mass is 10.0. The average Bonchev–Trinajstić information content (AvgIpc) is 2.74. The predicted molar refractivity (Wildman–Crippen MR) is 120 cm³/mol. The van der Waals surface area contributed by atoms with E-state index in [4.69, 9.17) is 0 Å². The molecule has 0 heterocycles. The van der Waals surface area contributed by atoms with Crippen LogP contribution in [0.25, 0.3) is 0 Å². The highest BCUT2D eigenvalue weighted by molar-refractivity contribution is 5.90. The Hall–Kier alpha value is -3.11. The summed E-state index contributed by atoms with van der Waals surface area (Å²) in [6.07, 6.45) is 0.782. The molecule has 2 amide bonds. The van der Waals surface area contributed by atoms with E-state index < -0.39 is 0 Å². The second-order valence-corrected chi connectivity index (χ2v) is 7.28. The van der Waals surface area contributed by atoms with Crippen molar-refractivity contribution >= 4 is 11.7 Å². The van der Waals surface area contributed by atoms with Crippen LogP contribution in [0, 0.1) is 0 Å². The highest BCUT2D eigenvalue weighted by Crippen LogP contribution is 2.19. The second kappa shape index (κ2) is 10.4. The van der Waals surface area contributed by atoms with Crippen molar-refractivity contribution in [3.63, 3.8) is 0 Å². The zero-order valence-corrected chi connectivity index (χ0v) is 17.2. The van der Waals surface area contributed by atoms with Gasteiger partial charge in [-0.15, -0.1) is 0 Å². The van der Waals surface area contributed by atoms with Gasteiger partial charge in [0.15, 0.2) is 0 Å². The minimum atomic E-state index is -0.193. The zero-order chi connectivity index (χ0) is 20.5. The summed E-state index contributed by atoms with van der Waals surface area (Å²) in [7, 11) is 2.10. The van der Waals surface area contributed by atoms with Crippen molar-refractivity contribution in [2.24, 2.45) is 0 Å². The van der Waals surface area contributed by atoms with Crippen molar-refractivity contribution in [1.82, 2.24) is 10.2 Å². The first-order valence-corrected chi connectivity index (χ1v) is 10.1. The fraction of sp³-hybridized carbons (Fsp3) is 0.240. The molecule has 0 bridgehead atoms. The first-order valence-electron chi connectivity index (χ1n) is 10.1. The maximum atomic E-state index is 12.5. The largest absolute Gasteiger partial charge is 0.334 e. The molecule has 0 spiro atoms. The Balaban J connectivity index is 1.58. The van der Waals surface area contributed by atoms with Crippen molar-refractivity contribution in [3.05, 3.63) is 101 Å². The Morgan fingerprint density at radius 1 is 0.862 bits per heavy atom. The van der Waals surface area contributed by atoms with E-state index in [-0.39, 0.29) is 6.03 Å². The number of carbonyl (C=O) groups is 1. The van der Waals surface area contributed by atoms with Gasteiger partial charge in [-0.05, 0) is 48.3 Å². The monoisotopic (exact) mass is 387 g/mol. The van der Waals surface area contributed by atoms with Crippen LogP contribution in [0.4, 0.5) is 10.5 Å². The van der Waals surface area contributed by atoms with Crippen LogP contribution in [-0.4, -0.2) is 24.5 Å². The van der Waals surface area contributed by atoms with Crippen LogP contribution in [0.5, 0.6) is 0 Å². The fourth-order valence-corrected chi connectivity index (χ4v) is 3.22. The third-order valence-electron chi connectivity index (χ3n) is 4.94. The van der Waals surface area contributed by atoms with Crippen molar-refractivity contribution in [2.45, 2.75) is 26.4 Å². The van der Waals surface area contributed by atoms with Gasteiger partial charge in [0.2, 0.25) is 0 Å². The normalized spacial score (nSPS) is 10.7. The summed E-state index contributed by atoms with van der Waals surface area (Å²) in [5, 5.41) is 5.97. The molecule has 4 nitrogen and oxygen atoms in total. The van der Waals surface area contributed by atoms with Crippen LogP contribution < -0.4 is 10.6 Å². The van der Waals surface area contributed by atoms with Crippen LogP contribution in [0.1, 0.15) is 29.2 Å². The number of benzene rings is 3. The number of carbonyl (C=O) groups excluding carboxylic acids is 1. The molecule has 0 aliphatic heterocycles. The standard InChI is InChI=1S/C25H29N3O/c1-3-28(2)19-22-13-9-12-21(16-22)18-26-25(29)27-24-15-8-7-14-23(24)17-20-10-5-4-6-11-20/h4-16H,3,17-19H2,1-2H3,(H2,26,27,29). The van der Waals surface area contributed by atoms with E-state index in [1.54, 1.807) is 0 Å². The van der Waals surface area contributed by atoms with Gasteiger partial charge in [-0.1, -0.05) is 79.7 Å². The van der Waals surface area contributed by atoms with Crippen molar-refractivity contribution in [1.29, 1.82) is 0 Å². The maximum absolute atomic E-state index is 12.5. The summed E-state index contributed by atoms with van der Waals surface area (Å²) in [4.78, 5) is 14.7. The molecule has 0 unspecified atom stereocenters.